The summed E-state index contributed by atoms with van der Waals surface area (Å²) in [7, 11) is 0. The molecule has 3 N–H and O–H groups in total. The number of hydrogen-bond acceptors (Lipinski definition) is 4. The number of aromatic amines is 1. The number of hydrogen-bond donors (Lipinski definition) is 3. The largest absolute Gasteiger partial charge is 0.347 e. The first-order chi connectivity index (χ1) is 7.66. The van der Waals surface area contributed by atoms with Crippen LogP contribution in [0.25, 0.3) is 0 Å². The summed E-state index contributed by atoms with van der Waals surface area (Å²) >= 11 is 1.10. The average Bonchev–Trinajstić information content (AvgIpc) is 2.58. The molecule has 6 heteroatoms. The van der Waals surface area contributed by atoms with E-state index in [0.717, 1.165) is 41.3 Å². The molecule has 0 bridgehead atoms. The molecule has 0 radical (unpaired) electrons. The van der Waals surface area contributed by atoms with Gasteiger partial charge in [-0.3, -0.25) is 9.59 Å². The quantitative estimate of drug-likeness (QED) is 0.649. The molecule has 0 atom stereocenters. The van der Waals surface area contributed by atoms with Crippen molar-refractivity contribution in [2.45, 2.75) is 13.5 Å². The second kappa shape index (κ2) is 4.63. The van der Waals surface area contributed by atoms with Crippen molar-refractivity contribution in [3.05, 3.63) is 31.9 Å². The number of nitrogens with one attached hydrogen (secondary N) is 3. The van der Waals surface area contributed by atoms with Crippen molar-refractivity contribution < 1.29 is 4.79 Å². The monoisotopic (exact) mass is 239 g/mol. The average molecular weight is 239 g/mol. The van der Waals surface area contributed by atoms with E-state index >= 15 is 0 Å². The smallest absolute Gasteiger partial charge is 0.304 e. The molecule has 16 heavy (non-hydrogen) atoms. The van der Waals surface area contributed by atoms with Gasteiger partial charge in [-0.25, -0.2) is 0 Å². The number of aromatic nitrogens is 1. The van der Waals surface area contributed by atoms with Crippen molar-refractivity contribution in [3.8, 4) is 0 Å². The van der Waals surface area contributed by atoms with Gasteiger partial charge in [0.25, 0.3) is 0 Å². The van der Waals surface area contributed by atoms with Crippen LogP contribution in [0.1, 0.15) is 12.6 Å². The zero-order valence-electron chi connectivity index (χ0n) is 8.92. The van der Waals surface area contributed by atoms with Gasteiger partial charge in [0.2, 0.25) is 5.91 Å². The Kier molecular flexibility index (Phi) is 3.21. The highest BCUT2D eigenvalue weighted by atomic mass is 32.1. The van der Waals surface area contributed by atoms with Crippen molar-refractivity contribution in [1.82, 2.24) is 15.6 Å². The second-order valence-corrected chi connectivity index (χ2v) is 4.53. The van der Waals surface area contributed by atoms with Crippen LogP contribution >= 0.6 is 11.3 Å². The van der Waals surface area contributed by atoms with Crippen LogP contribution in [0, 0.1) is 0 Å². The molecule has 1 aliphatic heterocycles. The van der Waals surface area contributed by atoms with Crippen LogP contribution in [0.3, 0.4) is 0 Å². The summed E-state index contributed by atoms with van der Waals surface area (Å²) in [5.74, 6) is -0.0662. The summed E-state index contributed by atoms with van der Waals surface area (Å²) in [5.41, 5.74) is 2.67. The van der Waals surface area contributed by atoms with Crippen LogP contribution in [0.15, 0.2) is 21.3 Å². The van der Waals surface area contributed by atoms with Crippen LogP contribution < -0.4 is 15.5 Å². The molecule has 1 fully saturated rings. The molecule has 0 saturated carbocycles. The van der Waals surface area contributed by atoms with E-state index in [1.165, 1.54) is 0 Å². The Morgan fingerprint density at radius 3 is 2.81 bits per heavy atom. The van der Waals surface area contributed by atoms with Crippen LogP contribution in [0.2, 0.25) is 0 Å². The van der Waals surface area contributed by atoms with E-state index in [1.807, 2.05) is 6.92 Å². The maximum Gasteiger partial charge on any atom is 0.304 e. The van der Waals surface area contributed by atoms with Gasteiger partial charge in [0.15, 0.2) is 0 Å². The standard InChI is InChI=1S/C10H13N3O2S/c1-6(7-2-11-3-7)9(14)12-4-8-5-16-10(15)13-8/h5,11H,2-4H2,1H3,(H,12,14)(H,13,15). The van der Waals surface area contributed by atoms with E-state index in [2.05, 4.69) is 15.6 Å². The summed E-state index contributed by atoms with van der Waals surface area (Å²) in [6.07, 6.45) is 0. The van der Waals surface area contributed by atoms with E-state index in [-0.39, 0.29) is 10.8 Å². The Morgan fingerprint density at radius 2 is 2.31 bits per heavy atom. The minimum absolute atomic E-state index is 0.0662. The van der Waals surface area contributed by atoms with Gasteiger partial charge in [-0.2, -0.15) is 0 Å². The lowest BCUT2D eigenvalue weighted by molar-refractivity contribution is -0.117. The molecule has 2 heterocycles. The lowest BCUT2D eigenvalue weighted by Gasteiger charge is -2.21. The molecule has 2 rings (SSSR count). The molecule has 0 unspecified atom stereocenters. The molecular weight excluding hydrogens is 226 g/mol. The van der Waals surface area contributed by atoms with Crippen LogP contribution in [0.5, 0.6) is 0 Å². The van der Waals surface area contributed by atoms with Gasteiger partial charge >= 0.3 is 4.87 Å². The molecule has 5 nitrogen and oxygen atoms in total. The fourth-order valence-corrected chi connectivity index (χ4v) is 1.97. The SMILES string of the molecule is CC(C(=O)NCc1csc(=O)[nH]1)=C1CNC1. The fourth-order valence-electron chi connectivity index (χ4n) is 1.38. The lowest BCUT2D eigenvalue weighted by Crippen LogP contribution is -2.37. The zero-order valence-corrected chi connectivity index (χ0v) is 9.74. The maximum absolute atomic E-state index is 11.7. The Balaban J connectivity index is 1.91. The molecule has 0 aliphatic carbocycles. The molecule has 0 spiro atoms. The number of amides is 1. The number of carbonyl (C=O) groups excluding carboxylic acids is 1. The number of H-pyrrole nitrogens is 1. The van der Waals surface area contributed by atoms with Gasteiger partial charge in [-0.05, 0) is 12.5 Å². The van der Waals surface area contributed by atoms with Crippen LogP contribution in [-0.4, -0.2) is 24.0 Å². The first kappa shape index (κ1) is 11.1. The first-order valence-corrected chi connectivity index (χ1v) is 5.89. The van der Waals surface area contributed by atoms with Crippen LogP contribution in [0.4, 0.5) is 0 Å². The molecule has 1 aliphatic rings. The summed E-state index contributed by atoms with van der Waals surface area (Å²) in [6.45, 7) is 3.79. The number of rotatable bonds is 3. The van der Waals surface area contributed by atoms with Crippen molar-refractivity contribution in [1.29, 1.82) is 0 Å². The molecule has 0 aromatic carbocycles. The van der Waals surface area contributed by atoms with Gasteiger partial charge in [0, 0.05) is 29.7 Å². The van der Waals surface area contributed by atoms with Gasteiger partial charge in [-0.15, -0.1) is 0 Å². The van der Waals surface area contributed by atoms with Crippen molar-refractivity contribution in [3.63, 3.8) is 0 Å². The third-order valence-electron chi connectivity index (χ3n) is 2.56. The first-order valence-electron chi connectivity index (χ1n) is 5.01. The Bertz CT molecular complexity index is 480. The third-order valence-corrected chi connectivity index (χ3v) is 3.28. The predicted molar refractivity (Wildman–Crippen MR) is 62.4 cm³/mol. The highest BCUT2D eigenvalue weighted by Crippen LogP contribution is 2.08. The highest BCUT2D eigenvalue weighted by molar-refractivity contribution is 7.07. The normalized spacial score (nSPS) is 14.4. The fraction of sp³-hybridized carbons (Fsp3) is 0.400. The lowest BCUT2D eigenvalue weighted by atomic mass is 10.0. The Hall–Kier alpha value is -1.40. The maximum atomic E-state index is 11.7. The van der Waals surface area contributed by atoms with E-state index in [9.17, 15) is 9.59 Å². The van der Waals surface area contributed by atoms with Crippen molar-refractivity contribution in [2.24, 2.45) is 0 Å². The summed E-state index contributed by atoms with van der Waals surface area (Å²) in [5, 5.41) is 7.58. The minimum Gasteiger partial charge on any atom is -0.347 e. The molecule has 1 aromatic heterocycles. The Labute approximate surface area is 96.6 Å². The molecule has 86 valence electrons. The van der Waals surface area contributed by atoms with Crippen molar-refractivity contribution >= 4 is 17.2 Å². The van der Waals surface area contributed by atoms with Gasteiger partial charge in [0.1, 0.15) is 0 Å². The molecule has 1 amide bonds. The summed E-state index contributed by atoms with van der Waals surface area (Å²) in [4.78, 5) is 25.1. The van der Waals surface area contributed by atoms with Gasteiger partial charge < -0.3 is 15.6 Å². The summed E-state index contributed by atoms with van der Waals surface area (Å²) < 4.78 is 0. The highest BCUT2D eigenvalue weighted by Gasteiger charge is 2.15. The Morgan fingerprint density at radius 1 is 1.56 bits per heavy atom. The number of carbonyl (C=O) groups is 1. The second-order valence-electron chi connectivity index (χ2n) is 3.69. The van der Waals surface area contributed by atoms with Crippen LogP contribution in [-0.2, 0) is 11.3 Å². The van der Waals surface area contributed by atoms with Gasteiger partial charge in [-0.1, -0.05) is 11.3 Å². The van der Waals surface area contributed by atoms with E-state index in [4.69, 9.17) is 0 Å². The van der Waals surface area contributed by atoms with Crippen molar-refractivity contribution in [2.75, 3.05) is 13.1 Å². The third kappa shape index (κ3) is 2.40. The topological polar surface area (TPSA) is 74.0 Å². The number of thiazole rings is 1. The molecule has 1 aromatic rings. The molecular formula is C10H13N3O2S. The van der Waals surface area contributed by atoms with Gasteiger partial charge in [0.05, 0.1) is 6.54 Å². The van der Waals surface area contributed by atoms with E-state index < -0.39 is 0 Å². The zero-order chi connectivity index (χ0) is 11.5. The van der Waals surface area contributed by atoms with E-state index in [0.29, 0.717) is 6.54 Å². The predicted octanol–water partition coefficient (Wildman–Crippen LogP) is -0.0277. The summed E-state index contributed by atoms with van der Waals surface area (Å²) in [6, 6.07) is 0. The van der Waals surface area contributed by atoms with E-state index in [1.54, 1.807) is 5.38 Å². The minimum atomic E-state index is -0.0949. The molecule has 1 saturated heterocycles.